The van der Waals surface area contributed by atoms with Crippen molar-refractivity contribution in [2.75, 3.05) is 0 Å². The number of carbonyl (C=O) groups excluding carboxylic acids is 1. The molecule has 2 aliphatic rings. The van der Waals surface area contributed by atoms with Crippen LogP contribution >= 0.6 is 0 Å². The van der Waals surface area contributed by atoms with Crippen molar-refractivity contribution in [2.24, 2.45) is 11.8 Å². The molecule has 1 unspecified atom stereocenters. The maximum Gasteiger partial charge on any atom is 0.143 e. The van der Waals surface area contributed by atoms with Crippen LogP contribution < -0.4 is 0 Å². The van der Waals surface area contributed by atoms with E-state index < -0.39 is 0 Å². The van der Waals surface area contributed by atoms with Crippen molar-refractivity contribution >= 4 is 5.78 Å². The van der Waals surface area contributed by atoms with Crippen LogP contribution in [0, 0.1) is 11.8 Å². The van der Waals surface area contributed by atoms with Gasteiger partial charge >= 0.3 is 0 Å². The minimum Gasteiger partial charge on any atom is -0.299 e. The van der Waals surface area contributed by atoms with Gasteiger partial charge in [0.15, 0.2) is 0 Å². The van der Waals surface area contributed by atoms with Gasteiger partial charge in [-0.3, -0.25) is 4.79 Å². The van der Waals surface area contributed by atoms with E-state index in [0.717, 1.165) is 31.6 Å². The van der Waals surface area contributed by atoms with E-state index in [2.05, 4.69) is 31.2 Å². The molecule has 1 aromatic carbocycles. The second-order valence-electron chi connectivity index (χ2n) is 6.67. The molecule has 0 heterocycles. The third-order valence-electron chi connectivity index (χ3n) is 5.54. The predicted octanol–water partition coefficient (Wildman–Crippen LogP) is 4.89. The van der Waals surface area contributed by atoms with Crippen LogP contribution in [0.3, 0.4) is 0 Å². The lowest BCUT2D eigenvalue weighted by molar-refractivity contribution is -0.125. The molecule has 1 heteroatoms. The molecule has 20 heavy (non-hydrogen) atoms. The summed E-state index contributed by atoms with van der Waals surface area (Å²) >= 11 is 0. The van der Waals surface area contributed by atoms with Gasteiger partial charge in [-0.15, -0.1) is 0 Å². The second kappa shape index (κ2) is 6.11. The fourth-order valence-corrected chi connectivity index (χ4v) is 4.19. The molecule has 0 spiro atoms. The molecular formula is C19H26O. The van der Waals surface area contributed by atoms with E-state index in [9.17, 15) is 4.79 Å². The molecule has 1 aromatic rings. The van der Waals surface area contributed by atoms with E-state index in [1.165, 1.54) is 36.8 Å². The average molecular weight is 270 g/mol. The lowest BCUT2D eigenvalue weighted by Gasteiger charge is -2.32. The summed E-state index contributed by atoms with van der Waals surface area (Å²) in [5.41, 5.74) is 2.75. The number of hydrogen-bond acceptors (Lipinski definition) is 1. The SMILES string of the molecule is CCC1CCC(C(=O)C2CCCc3ccccc32)CC1. The molecule has 0 aliphatic heterocycles. The van der Waals surface area contributed by atoms with Crippen molar-refractivity contribution in [1.29, 1.82) is 0 Å². The van der Waals surface area contributed by atoms with Gasteiger partial charge in [0.1, 0.15) is 5.78 Å². The Bertz CT molecular complexity index is 468. The normalized spacial score (nSPS) is 29.8. The monoisotopic (exact) mass is 270 g/mol. The fraction of sp³-hybridized carbons (Fsp3) is 0.632. The van der Waals surface area contributed by atoms with Gasteiger partial charge < -0.3 is 0 Å². The van der Waals surface area contributed by atoms with Crippen LogP contribution in [0.5, 0.6) is 0 Å². The van der Waals surface area contributed by atoms with Crippen molar-refractivity contribution in [2.45, 2.75) is 64.2 Å². The highest BCUT2D eigenvalue weighted by Crippen LogP contribution is 2.38. The lowest BCUT2D eigenvalue weighted by atomic mass is 9.72. The van der Waals surface area contributed by atoms with Crippen LogP contribution in [-0.2, 0) is 11.2 Å². The minimum absolute atomic E-state index is 0.197. The van der Waals surface area contributed by atoms with Crippen LogP contribution in [0.4, 0.5) is 0 Å². The average Bonchev–Trinajstić information content (AvgIpc) is 2.54. The second-order valence-corrected chi connectivity index (χ2v) is 6.67. The van der Waals surface area contributed by atoms with E-state index in [4.69, 9.17) is 0 Å². The third-order valence-corrected chi connectivity index (χ3v) is 5.54. The van der Waals surface area contributed by atoms with Gasteiger partial charge in [-0.05, 0) is 62.0 Å². The highest BCUT2D eigenvalue weighted by Gasteiger charge is 2.33. The number of fused-ring (bicyclic) bond motifs is 1. The lowest BCUT2D eigenvalue weighted by Crippen LogP contribution is -2.28. The maximum absolute atomic E-state index is 12.9. The molecule has 0 N–H and O–H groups in total. The standard InChI is InChI=1S/C19H26O/c1-2-14-10-12-16(13-11-14)19(20)18-9-5-7-15-6-3-4-8-17(15)18/h3-4,6,8,14,16,18H,2,5,7,9-13H2,1H3. The molecule has 0 aromatic heterocycles. The smallest absolute Gasteiger partial charge is 0.143 e. The quantitative estimate of drug-likeness (QED) is 0.764. The molecule has 1 fully saturated rings. The summed E-state index contributed by atoms with van der Waals surface area (Å²) in [6, 6.07) is 8.61. The zero-order valence-electron chi connectivity index (χ0n) is 12.6. The number of Topliss-reactive ketones (excluding diaryl/α,β-unsaturated/α-hetero) is 1. The van der Waals surface area contributed by atoms with Gasteiger partial charge in [-0.25, -0.2) is 0 Å². The molecule has 3 rings (SSSR count). The number of benzene rings is 1. The Morgan fingerprint density at radius 1 is 1.10 bits per heavy atom. The first-order valence-electron chi connectivity index (χ1n) is 8.41. The number of aryl methyl sites for hydroxylation is 1. The van der Waals surface area contributed by atoms with E-state index in [0.29, 0.717) is 11.7 Å². The number of ketones is 1. The van der Waals surface area contributed by atoms with E-state index in [1.807, 2.05) is 0 Å². The van der Waals surface area contributed by atoms with Crippen LogP contribution in [-0.4, -0.2) is 5.78 Å². The van der Waals surface area contributed by atoms with Crippen LogP contribution in [0.1, 0.15) is 68.9 Å². The van der Waals surface area contributed by atoms with Crippen molar-refractivity contribution in [3.63, 3.8) is 0 Å². The summed E-state index contributed by atoms with van der Waals surface area (Å²) in [7, 11) is 0. The van der Waals surface area contributed by atoms with Gasteiger partial charge in [-0.2, -0.15) is 0 Å². The third kappa shape index (κ3) is 2.68. The van der Waals surface area contributed by atoms with Gasteiger partial charge in [0.2, 0.25) is 0 Å². The Kier molecular flexibility index (Phi) is 4.24. The molecule has 0 radical (unpaired) electrons. The summed E-state index contributed by atoms with van der Waals surface area (Å²) in [5.74, 6) is 1.96. The molecule has 108 valence electrons. The molecule has 0 saturated heterocycles. The summed E-state index contributed by atoms with van der Waals surface area (Å²) in [4.78, 5) is 12.9. The molecule has 0 bridgehead atoms. The van der Waals surface area contributed by atoms with E-state index >= 15 is 0 Å². The van der Waals surface area contributed by atoms with Crippen molar-refractivity contribution in [1.82, 2.24) is 0 Å². The largest absolute Gasteiger partial charge is 0.299 e. The summed E-state index contributed by atoms with van der Waals surface area (Å²) in [5, 5.41) is 0. The summed E-state index contributed by atoms with van der Waals surface area (Å²) < 4.78 is 0. The minimum atomic E-state index is 0.197. The topological polar surface area (TPSA) is 17.1 Å². The van der Waals surface area contributed by atoms with Crippen molar-refractivity contribution in [3.8, 4) is 0 Å². The predicted molar refractivity (Wildman–Crippen MR) is 82.9 cm³/mol. The number of rotatable bonds is 3. The highest BCUT2D eigenvalue weighted by molar-refractivity contribution is 5.88. The summed E-state index contributed by atoms with van der Waals surface area (Å²) in [6.45, 7) is 2.28. The highest BCUT2D eigenvalue weighted by atomic mass is 16.1. The Morgan fingerprint density at radius 2 is 1.85 bits per heavy atom. The molecule has 1 atom stereocenters. The fourth-order valence-electron chi connectivity index (χ4n) is 4.19. The van der Waals surface area contributed by atoms with Gasteiger partial charge in [0.25, 0.3) is 0 Å². The molecule has 2 aliphatic carbocycles. The Balaban J connectivity index is 1.72. The number of carbonyl (C=O) groups is 1. The Hall–Kier alpha value is -1.11. The first-order chi connectivity index (χ1) is 9.79. The van der Waals surface area contributed by atoms with Crippen LogP contribution in [0.25, 0.3) is 0 Å². The molecule has 0 amide bonds. The molecule has 1 nitrogen and oxygen atoms in total. The van der Waals surface area contributed by atoms with E-state index in [1.54, 1.807) is 0 Å². The first-order valence-corrected chi connectivity index (χ1v) is 8.41. The van der Waals surface area contributed by atoms with Crippen LogP contribution in [0.2, 0.25) is 0 Å². The zero-order valence-corrected chi connectivity index (χ0v) is 12.6. The van der Waals surface area contributed by atoms with Crippen LogP contribution in [0.15, 0.2) is 24.3 Å². The number of hydrogen-bond donors (Lipinski definition) is 0. The van der Waals surface area contributed by atoms with Gasteiger partial charge in [0, 0.05) is 11.8 Å². The molecular weight excluding hydrogens is 244 g/mol. The van der Waals surface area contributed by atoms with Gasteiger partial charge in [-0.1, -0.05) is 37.6 Å². The molecule has 1 saturated carbocycles. The first kappa shape index (κ1) is 13.9. The summed E-state index contributed by atoms with van der Waals surface area (Å²) in [6.07, 6.45) is 9.49. The maximum atomic E-state index is 12.9. The van der Waals surface area contributed by atoms with Crippen molar-refractivity contribution < 1.29 is 4.79 Å². The Morgan fingerprint density at radius 3 is 2.60 bits per heavy atom. The Labute approximate surface area is 122 Å². The van der Waals surface area contributed by atoms with E-state index in [-0.39, 0.29) is 5.92 Å². The van der Waals surface area contributed by atoms with Gasteiger partial charge in [0.05, 0.1) is 0 Å². The van der Waals surface area contributed by atoms with Crippen molar-refractivity contribution in [3.05, 3.63) is 35.4 Å². The zero-order chi connectivity index (χ0) is 13.9.